The molecule has 0 aliphatic carbocycles. The van der Waals surface area contributed by atoms with Crippen LogP contribution in [0.25, 0.3) is 11.4 Å². The van der Waals surface area contributed by atoms with E-state index in [0.717, 1.165) is 5.56 Å². The van der Waals surface area contributed by atoms with Crippen LogP contribution in [0.15, 0.2) is 36.9 Å². The van der Waals surface area contributed by atoms with Crippen LogP contribution in [0.5, 0.6) is 0 Å². The number of nitrogens with zero attached hydrogens (tertiary/aromatic N) is 3. The van der Waals surface area contributed by atoms with E-state index in [0.29, 0.717) is 11.4 Å². The molecule has 1 heterocycles. The molecule has 1 atom stereocenters. The number of rotatable bonds is 3. The Balaban J connectivity index is 2.52. The average Bonchev–Trinajstić information content (AvgIpc) is 2.81. The van der Waals surface area contributed by atoms with Gasteiger partial charge in [0, 0.05) is 5.56 Å². The van der Waals surface area contributed by atoms with E-state index in [1.54, 1.807) is 6.07 Å². The van der Waals surface area contributed by atoms with Crippen LogP contribution in [-0.2, 0) is 0 Å². The molecule has 0 amide bonds. The minimum absolute atomic E-state index is 0.464. The third-order valence-corrected chi connectivity index (χ3v) is 2.09. The highest BCUT2D eigenvalue weighted by Crippen LogP contribution is 2.25. The number of hydrogen-bond donors (Lipinski definition) is 2. The number of nitrogens with one attached hydrogen (secondary N) is 1. The Morgan fingerprint density at radius 3 is 2.87 bits per heavy atom. The van der Waals surface area contributed by atoms with Gasteiger partial charge in [0.15, 0.2) is 0 Å². The molecule has 0 bridgehead atoms. The van der Waals surface area contributed by atoms with Crippen LogP contribution < -0.4 is 0 Å². The predicted octanol–water partition coefficient (Wildman–Crippen LogP) is 1.09. The number of aliphatic hydroxyl groups excluding tert-OH is 1. The van der Waals surface area contributed by atoms with E-state index < -0.39 is 6.10 Å². The van der Waals surface area contributed by atoms with Crippen molar-refractivity contribution >= 4 is 0 Å². The van der Waals surface area contributed by atoms with Gasteiger partial charge in [-0.2, -0.15) is 5.21 Å². The number of aromatic amines is 1. The molecule has 1 aromatic heterocycles. The SMILES string of the molecule is C=CC(O)c1ccccc1-c1nn[nH]n1. The summed E-state index contributed by atoms with van der Waals surface area (Å²) in [4.78, 5) is 0. The third kappa shape index (κ3) is 1.77. The minimum atomic E-state index is -0.723. The highest BCUT2D eigenvalue weighted by atomic mass is 16.3. The van der Waals surface area contributed by atoms with Crippen LogP contribution in [0.3, 0.4) is 0 Å². The smallest absolute Gasteiger partial charge is 0.205 e. The molecule has 5 heteroatoms. The van der Waals surface area contributed by atoms with Gasteiger partial charge >= 0.3 is 0 Å². The van der Waals surface area contributed by atoms with Gasteiger partial charge in [-0.1, -0.05) is 30.3 Å². The lowest BCUT2D eigenvalue weighted by Crippen LogP contribution is -1.96. The lowest BCUT2D eigenvalue weighted by atomic mass is 10.0. The normalized spacial score (nSPS) is 12.3. The van der Waals surface area contributed by atoms with Gasteiger partial charge in [0.05, 0.1) is 6.10 Å². The van der Waals surface area contributed by atoms with Crippen molar-refractivity contribution in [3.05, 3.63) is 42.5 Å². The Bertz CT molecular complexity index is 452. The summed E-state index contributed by atoms with van der Waals surface area (Å²) in [5.74, 6) is 0.464. The van der Waals surface area contributed by atoms with E-state index in [-0.39, 0.29) is 0 Å². The van der Waals surface area contributed by atoms with E-state index in [2.05, 4.69) is 27.2 Å². The lowest BCUT2D eigenvalue weighted by molar-refractivity contribution is 0.229. The summed E-state index contributed by atoms with van der Waals surface area (Å²) in [5, 5.41) is 23.3. The largest absolute Gasteiger partial charge is 0.384 e. The maximum absolute atomic E-state index is 9.70. The lowest BCUT2D eigenvalue weighted by Gasteiger charge is -2.08. The standard InChI is InChI=1S/C10H10N4O/c1-2-9(15)7-5-3-4-6-8(7)10-11-13-14-12-10/h2-6,9,15H,1H2,(H,11,12,13,14). The van der Waals surface area contributed by atoms with Gasteiger partial charge < -0.3 is 5.11 Å². The van der Waals surface area contributed by atoms with Crippen molar-refractivity contribution in [3.8, 4) is 11.4 Å². The number of benzene rings is 1. The molecule has 2 aromatic rings. The molecule has 0 saturated heterocycles. The summed E-state index contributed by atoms with van der Waals surface area (Å²) in [6.45, 7) is 3.55. The van der Waals surface area contributed by atoms with Crippen molar-refractivity contribution in [1.29, 1.82) is 0 Å². The van der Waals surface area contributed by atoms with Crippen LogP contribution in [-0.4, -0.2) is 25.7 Å². The molecule has 0 fully saturated rings. The van der Waals surface area contributed by atoms with E-state index in [9.17, 15) is 5.11 Å². The quantitative estimate of drug-likeness (QED) is 0.730. The fourth-order valence-corrected chi connectivity index (χ4v) is 1.36. The first kappa shape index (κ1) is 9.54. The first-order valence-electron chi connectivity index (χ1n) is 4.46. The van der Waals surface area contributed by atoms with Crippen molar-refractivity contribution in [2.75, 3.05) is 0 Å². The molecule has 15 heavy (non-hydrogen) atoms. The van der Waals surface area contributed by atoms with Crippen molar-refractivity contribution in [2.45, 2.75) is 6.10 Å². The number of aromatic nitrogens is 4. The summed E-state index contributed by atoms with van der Waals surface area (Å²) in [5.41, 5.74) is 1.47. The molecule has 0 aliphatic rings. The Labute approximate surface area is 86.5 Å². The molecule has 5 nitrogen and oxygen atoms in total. The molecule has 2 rings (SSSR count). The molecule has 0 saturated carbocycles. The molecule has 0 radical (unpaired) electrons. The van der Waals surface area contributed by atoms with Crippen LogP contribution in [0.4, 0.5) is 0 Å². The Kier molecular flexibility index (Phi) is 2.55. The van der Waals surface area contributed by atoms with Gasteiger partial charge in [-0.15, -0.1) is 16.8 Å². The zero-order valence-corrected chi connectivity index (χ0v) is 7.96. The number of aliphatic hydroxyl groups is 1. The van der Waals surface area contributed by atoms with Gasteiger partial charge in [-0.3, -0.25) is 0 Å². The first-order chi connectivity index (χ1) is 7.33. The zero-order chi connectivity index (χ0) is 10.7. The Morgan fingerprint density at radius 2 is 2.20 bits per heavy atom. The van der Waals surface area contributed by atoms with Crippen LogP contribution in [0.1, 0.15) is 11.7 Å². The summed E-state index contributed by atoms with van der Waals surface area (Å²) in [6, 6.07) is 7.32. The third-order valence-electron chi connectivity index (χ3n) is 2.09. The molecule has 76 valence electrons. The van der Waals surface area contributed by atoms with Crippen LogP contribution >= 0.6 is 0 Å². The maximum Gasteiger partial charge on any atom is 0.205 e. The highest BCUT2D eigenvalue weighted by Gasteiger charge is 2.12. The summed E-state index contributed by atoms with van der Waals surface area (Å²) in [7, 11) is 0. The van der Waals surface area contributed by atoms with E-state index >= 15 is 0 Å². The van der Waals surface area contributed by atoms with E-state index in [4.69, 9.17) is 0 Å². The van der Waals surface area contributed by atoms with Crippen molar-refractivity contribution in [2.24, 2.45) is 0 Å². The van der Waals surface area contributed by atoms with Gasteiger partial charge in [-0.05, 0) is 10.8 Å². The van der Waals surface area contributed by atoms with Crippen LogP contribution in [0, 0.1) is 0 Å². The fraction of sp³-hybridized carbons (Fsp3) is 0.100. The zero-order valence-electron chi connectivity index (χ0n) is 7.96. The van der Waals surface area contributed by atoms with E-state index in [1.165, 1.54) is 6.08 Å². The highest BCUT2D eigenvalue weighted by molar-refractivity contribution is 5.60. The van der Waals surface area contributed by atoms with Gasteiger partial charge in [0.25, 0.3) is 0 Å². The molecule has 2 N–H and O–H groups in total. The maximum atomic E-state index is 9.70. The van der Waals surface area contributed by atoms with Gasteiger partial charge in [-0.25, -0.2) is 0 Å². The van der Waals surface area contributed by atoms with Gasteiger partial charge in [0.1, 0.15) is 0 Å². The number of H-pyrrole nitrogens is 1. The summed E-state index contributed by atoms with van der Waals surface area (Å²) < 4.78 is 0. The molecule has 1 unspecified atom stereocenters. The van der Waals surface area contributed by atoms with Gasteiger partial charge in [0.2, 0.25) is 5.82 Å². The monoisotopic (exact) mass is 202 g/mol. The van der Waals surface area contributed by atoms with Crippen molar-refractivity contribution in [1.82, 2.24) is 20.6 Å². The second-order valence-corrected chi connectivity index (χ2v) is 3.00. The molecule has 0 aliphatic heterocycles. The molecular formula is C10H10N4O. The Hall–Kier alpha value is -2.01. The summed E-state index contributed by atoms with van der Waals surface area (Å²) >= 11 is 0. The number of tetrazole rings is 1. The number of hydrogen-bond acceptors (Lipinski definition) is 4. The molecular weight excluding hydrogens is 192 g/mol. The first-order valence-corrected chi connectivity index (χ1v) is 4.46. The Morgan fingerprint density at radius 1 is 1.40 bits per heavy atom. The van der Waals surface area contributed by atoms with Crippen LogP contribution in [0.2, 0.25) is 0 Å². The predicted molar refractivity (Wildman–Crippen MR) is 54.8 cm³/mol. The minimum Gasteiger partial charge on any atom is -0.384 e. The topological polar surface area (TPSA) is 74.7 Å². The molecule has 1 aromatic carbocycles. The fourth-order valence-electron chi connectivity index (χ4n) is 1.36. The second kappa shape index (κ2) is 4.02. The summed E-state index contributed by atoms with van der Waals surface area (Å²) in [6.07, 6.45) is 0.735. The van der Waals surface area contributed by atoms with Crippen molar-refractivity contribution in [3.63, 3.8) is 0 Å². The van der Waals surface area contributed by atoms with E-state index in [1.807, 2.05) is 18.2 Å². The second-order valence-electron chi connectivity index (χ2n) is 3.00. The average molecular weight is 202 g/mol. The molecule has 0 spiro atoms. The van der Waals surface area contributed by atoms with Crippen molar-refractivity contribution < 1.29 is 5.11 Å².